The van der Waals surface area contributed by atoms with E-state index < -0.39 is 5.91 Å². The lowest BCUT2D eigenvalue weighted by Gasteiger charge is -2.34. The Bertz CT molecular complexity index is 1410. The molecule has 0 bridgehead atoms. The average molecular weight is 570 g/mol. The van der Waals surface area contributed by atoms with Crippen LogP contribution in [0.3, 0.4) is 0 Å². The van der Waals surface area contributed by atoms with Crippen molar-refractivity contribution >= 4 is 11.8 Å². The van der Waals surface area contributed by atoms with Gasteiger partial charge in [0.15, 0.2) is 0 Å². The van der Waals surface area contributed by atoms with Crippen LogP contribution < -0.4 is 10.6 Å². The summed E-state index contributed by atoms with van der Waals surface area (Å²) >= 11 is 0. The van der Waals surface area contributed by atoms with E-state index in [1.807, 2.05) is 72.8 Å². The van der Waals surface area contributed by atoms with Crippen molar-refractivity contribution < 1.29 is 23.6 Å². The number of hydrogen-bond donors (Lipinski definition) is 2. The highest BCUT2D eigenvalue weighted by molar-refractivity contribution is 5.94. The standard InChI is InChI=1S/C32H35N5O5/c38-31(27-13-11-26(12-14-27)25-9-5-2-6-10-25)33-16-15-29-35-30(36-42-29)32(39)34-21-28(37-17-19-40-20-18-37)23-41-22-24-7-3-1-4-8-24/h1-14,28H,15-23H2,(H,33,38)(H,34,39). The number of morpholine rings is 1. The predicted molar refractivity (Wildman–Crippen MR) is 157 cm³/mol. The van der Waals surface area contributed by atoms with Gasteiger partial charge in [0, 0.05) is 38.2 Å². The van der Waals surface area contributed by atoms with Crippen molar-refractivity contribution in [1.29, 1.82) is 0 Å². The zero-order valence-electron chi connectivity index (χ0n) is 23.4. The molecule has 1 aliphatic rings. The molecule has 1 fully saturated rings. The number of hydrogen-bond acceptors (Lipinski definition) is 8. The maximum Gasteiger partial charge on any atom is 0.292 e. The summed E-state index contributed by atoms with van der Waals surface area (Å²) in [4.78, 5) is 31.8. The quantitative estimate of drug-likeness (QED) is 0.252. The van der Waals surface area contributed by atoms with E-state index in [9.17, 15) is 9.59 Å². The molecule has 0 saturated carbocycles. The Morgan fingerprint density at radius 1 is 0.857 bits per heavy atom. The largest absolute Gasteiger partial charge is 0.379 e. The van der Waals surface area contributed by atoms with E-state index in [0.29, 0.717) is 51.5 Å². The van der Waals surface area contributed by atoms with E-state index in [0.717, 1.165) is 29.8 Å². The summed E-state index contributed by atoms with van der Waals surface area (Å²) in [6.45, 7) is 4.45. The van der Waals surface area contributed by atoms with Gasteiger partial charge in [-0.25, -0.2) is 0 Å². The van der Waals surface area contributed by atoms with Crippen molar-refractivity contribution in [3.8, 4) is 11.1 Å². The van der Waals surface area contributed by atoms with Crippen molar-refractivity contribution in [2.75, 3.05) is 46.0 Å². The summed E-state index contributed by atoms with van der Waals surface area (Å²) in [6.07, 6.45) is 0.303. The van der Waals surface area contributed by atoms with E-state index in [-0.39, 0.29) is 23.7 Å². The molecule has 2 amide bonds. The van der Waals surface area contributed by atoms with Crippen LogP contribution in [-0.4, -0.2) is 78.9 Å². The molecule has 5 rings (SSSR count). The third kappa shape index (κ3) is 8.32. The van der Waals surface area contributed by atoms with Crippen molar-refractivity contribution in [2.45, 2.75) is 19.1 Å². The second kappa shape index (κ2) is 15.0. The molecule has 2 heterocycles. The van der Waals surface area contributed by atoms with Gasteiger partial charge in [-0.05, 0) is 28.8 Å². The molecule has 0 aliphatic carbocycles. The molecule has 1 saturated heterocycles. The monoisotopic (exact) mass is 569 g/mol. The molecule has 42 heavy (non-hydrogen) atoms. The molecule has 1 unspecified atom stereocenters. The molecule has 3 aromatic carbocycles. The lowest BCUT2D eigenvalue weighted by molar-refractivity contribution is -0.0129. The molecule has 1 aromatic heterocycles. The van der Waals surface area contributed by atoms with Gasteiger partial charge in [0.25, 0.3) is 17.6 Å². The van der Waals surface area contributed by atoms with Gasteiger partial charge < -0.3 is 24.6 Å². The van der Waals surface area contributed by atoms with Crippen molar-refractivity contribution in [3.05, 3.63) is 108 Å². The summed E-state index contributed by atoms with van der Waals surface area (Å²) in [5, 5.41) is 9.60. The van der Waals surface area contributed by atoms with Gasteiger partial charge in [0.05, 0.1) is 32.5 Å². The highest BCUT2D eigenvalue weighted by atomic mass is 16.5. The van der Waals surface area contributed by atoms with Crippen LogP contribution in [0.2, 0.25) is 0 Å². The number of amides is 2. The second-order valence-corrected chi connectivity index (χ2v) is 9.97. The number of ether oxygens (including phenoxy) is 2. The van der Waals surface area contributed by atoms with Crippen LogP contribution in [0.25, 0.3) is 11.1 Å². The van der Waals surface area contributed by atoms with Crippen molar-refractivity contribution in [3.63, 3.8) is 0 Å². The van der Waals surface area contributed by atoms with Crippen molar-refractivity contribution in [2.24, 2.45) is 0 Å². The fraction of sp³-hybridized carbons (Fsp3) is 0.312. The Labute approximate surface area is 245 Å². The lowest BCUT2D eigenvalue weighted by Crippen LogP contribution is -2.51. The van der Waals surface area contributed by atoms with Crippen LogP contribution in [0.1, 0.15) is 32.4 Å². The summed E-state index contributed by atoms with van der Waals surface area (Å²) in [6, 6.07) is 27.4. The van der Waals surface area contributed by atoms with Crippen LogP contribution in [0.4, 0.5) is 0 Å². The van der Waals surface area contributed by atoms with E-state index in [1.54, 1.807) is 12.1 Å². The molecule has 10 nitrogen and oxygen atoms in total. The SMILES string of the molecule is O=C(NCCc1nc(C(=O)NCC(COCc2ccccc2)N2CCOCC2)no1)c1ccc(-c2ccccc2)cc1. The van der Waals surface area contributed by atoms with Gasteiger partial charge in [-0.3, -0.25) is 14.5 Å². The first-order valence-electron chi connectivity index (χ1n) is 14.1. The number of rotatable bonds is 13. The van der Waals surface area contributed by atoms with Crippen LogP contribution in [0, 0.1) is 0 Å². The number of aromatic nitrogens is 2. The summed E-state index contributed by atoms with van der Waals surface area (Å²) < 4.78 is 16.7. The second-order valence-electron chi connectivity index (χ2n) is 9.97. The van der Waals surface area contributed by atoms with Crippen LogP contribution >= 0.6 is 0 Å². The van der Waals surface area contributed by atoms with Crippen LogP contribution in [0.5, 0.6) is 0 Å². The Morgan fingerprint density at radius 2 is 1.55 bits per heavy atom. The highest BCUT2D eigenvalue weighted by Crippen LogP contribution is 2.19. The Hall–Kier alpha value is -4.38. The van der Waals surface area contributed by atoms with E-state index in [2.05, 4.69) is 25.7 Å². The minimum Gasteiger partial charge on any atom is -0.379 e. The third-order valence-electron chi connectivity index (χ3n) is 7.03. The molecule has 1 aliphatic heterocycles. The Kier molecular flexibility index (Phi) is 10.4. The minimum absolute atomic E-state index is 0.0232. The zero-order chi connectivity index (χ0) is 29.0. The maximum absolute atomic E-state index is 12.8. The summed E-state index contributed by atoms with van der Waals surface area (Å²) in [5.74, 6) is -0.390. The fourth-order valence-electron chi connectivity index (χ4n) is 4.69. The minimum atomic E-state index is -0.422. The predicted octanol–water partition coefficient (Wildman–Crippen LogP) is 3.36. The molecule has 2 N–H and O–H groups in total. The first kappa shape index (κ1) is 29.1. The number of nitrogens with zero attached hydrogens (tertiary/aromatic N) is 3. The Morgan fingerprint density at radius 3 is 2.29 bits per heavy atom. The highest BCUT2D eigenvalue weighted by Gasteiger charge is 2.23. The van der Waals surface area contributed by atoms with E-state index in [4.69, 9.17) is 14.0 Å². The van der Waals surface area contributed by atoms with Crippen LogP contribution in [-0.2, 0) is 22.5 Å². The van der Waals surface area contributed by atoms with Crippen molar-refractivity contribution in [1.82, 2.24) is 25.7 Å². The maximum atomic E-state index is 12.8. The number of benzene rings is 3. The van der Waals surface area contributed by atoms with Gasteiger partial charge in [0.1, 0.15) is 0 Å². The first-order valence-corrected chi connectivity index (χ1v) is 14.1. The number of carbonyl (C=O) groups is 2. The average Bonchev–Trinajstić information content (AvgIpc) is 3.53. The lowest BCUT2D eigenvalue weighted by atomic mass is 10.0. The third-order valence-corrected chi connectivity index (χ3v) is 7.03. The summed E-state index contributed by atoms with van der Waals surface area (Å²) in [5.41, 5.74) is 3.79. The van der Waals surface area contributed by atoms with Gasteiger partial charge in [0.2, 0.25) is 5.89 Å². The molecule has 4 aromatic rings. The zero-order valence-corrected chi connectivity index (χ0v) is 23.4. The molecule has 218 valence electrons. The normalized spacial score (nSPS) is 14.3. The molecule has 10 heteroatoms. The van der Waals surface area contributed by atoms with E-state index in [1.165, 1.54) is 0 Å². The molecule has 1 atom stereocenters. The molecule has 0 spiro atoms. The van der Waals surface area contributed by atoms with E-state index >= 15 is 0 Å². The number of carbonyl (C=O) groups excluding carboxylic acids is 2. The van der Waals surface area contributed by atoms with Gasteiger partial charge in [-0.2, -0.15) is 4.98 Å². The first-order chi connectivity index (χ1) is 20.7. The number of nitrogens with one attached hydrogen (secondary N) is 2. The smallest absolute Gasteiger partial charge is 0.292 e. The molecular formula is C32H35N5O5. The van der Waals surface area contributed by atoms with Gasteiger partial charge >= 0.3 is 0 Å². The van der Waals surface area contributed by atoms with Crippen LogP contribution in [0.15, 0.2) is 89.5 Å². The fourth-order valence-corrected chi connectivity index (χ4v) is 4.69. The molecule has 0 radical (unpaired) electrons. The Balaban J connectivity index is 1.07. The summed E-state index contributed by atoms with van der Waals surface area (Å²) in [7, 11) is 0. The van der Waals surface area contributed by atoms with Gasteiger partial charge in [-0.15, -0.1) is 0 Å². The topological polar surface area (TPSA) is 119 Å². The van der Waals surface area contributed by atoms with Gasteiger partial charge in [-0.1, -0.05) is 78.0 Å². The molecular weight excluding hydrogens is 534 g/mol.